The molecule has 0 bridgehead atoms. The van der Waals surface area contributed by atoms with E-state index in [1.165, 1.54) is 49.7 Å². The maximum atomic E-state index is 6.47. The molecule has 0 aliphatic carbocycles. The van der Waals surface area contributed by atoms with Gasteiger partial charge >= 0.3 is 0 Å². The van der Waals surface area contributed by atoms with Crippen LogP contribution in [0.25, 0.3) is 0 Å². The number of aryl methyl sites for hydroxylation is 1. The van der Waals surface area contributed by atoms with Gasteiger partial charge in [-0.3, -0.25) is 0 Å². The summed E-state index contributed by atoms with van der Waals surface area (Å²) in [5.41, 5.74) is 3.13. The van der Waals surface area contributed by atoms with Crippen molar-refractivity contribution in [2.24, 2.45) is 0 Å². The summed E-state index contributed by atoms with van der Waals surface area (Å²) in [5.74, 6) is 1.13. The van der Waals surface area contributed by atoms with Gasteiger partial charge in [-0.1, -0.05) is 67.0 Å². The summed E-state index contributed by atoms with van der Waals surface area (Å²) in [4.78, 5) is 0. The van der Waals surface area contributed by atoms with Crippen molar-refractivity contribution >= 4 is 0 Å². The zero-order valence-electron chi connectivity index (χ0n) is 13.9. The summed E-state index contributed by atoms with van der Waals surface area (Å²) in [5, 5.41) is 0. The van der Waals surface area contributed by atoms with Crippen molar-refractivity contribution in [1.29, 1.82) is 0 Å². The summed E-state index contributed by atoms with van der Waals surface area (Å²) in [6, 6.07) is 6.80. The van der Waals surface area contributed by atoms with Crippen LogP contribution in [0, 0.1) is 0 Å². The highest BCUT2D eigenvalue weighted by molar-refractivity contribution is 5.41. The summed E-state index contributed by atoms with van der Waals surface area (Å²) in [6.45, 7) is 11.3. The van der Waals surface area contributed by atoms with E-state index in [-0.39, 0.29) is 18.4 Å². The molecule has 1 aliphatic heterocycles. The number of rotatable bonds is 4. The van der Waals surface area contributed by atoms with Crippen LogP contribution in [0.2, 0.25) is 0 Å². The zero-order valence-corrected chi connectivity index (χ0v) is 13.9. The van der Waals surface area contributed by atoms with Gasteiger partial charge in [0.2, 0.25) is 0 Å². The molecule has 0 saturated heterocycles. The van der Waals surface area contributed by atoms with Gasteiger partial charge in [0.15, 0.2) is 0 Å². The molecule has 21 heavy (non-hydrogen) atoms. The molecule has 0 N–H and O–H groups in total. The van der Waals surface area contributed by atoms with Crippen molar-refractivity contribution in [3.05, 3.63) is 29.3 Å². The maximum Gasteiger partial charge on any atom is 0.123 e. The third-order valence-electron chi connectivity index (χ3n) is 4.51. The van der Waals surface area contributed by atoms with E-state index in [1.54, 1.807) is 0 Å². The Hall–Kier alpha value is -0.980. The number of ether oxygens (including phenoxy) is 1. The van der Waals surface area contributed by atoms with Crippen LogP contribution in [-0.2, 0) is 11.8 Å². The topological polar surface area (TPSA) is 9.23 Å². The third-order valence-corrected chi connectivity index (χ3v) is 4.51. The van der Waals surface area contributed by atoms with E-state index in [1.807, 2.05) is 0 Å². The highest BCUT2D eigenvalue weighted by atomic mass is 16.5. The van der Waals surface area contributed by atoms with Gasteiger partial charge in [-0.15, -0.1) is 0 Å². The Morgan fingerprint density at radius 2 is 1.71 bits per heavy atom. The summed E-state index contributed by atoms with van der Waals surface area (Å²) >= 11 is 0. The minimum atomic E-state index is 0. The monoisotopic (exact) mass is 290 g/mol. The van der Waals surface area contributed by atoms with E-state index in [4.69, 9.17) is 4.74 Å². The predicted molar refractivity (Wildman–Crippen MR) is 93.4 cm³/mol. The lowest BCUT2D eigenvalue weighted by Crippen LogP contribution is -2.39. The van der Waals surface area contributed by atoms with E-state index in [0.29, 0.717) is 0 Å². The highest BCUT2D eigenvalue weighted by Gasteiger charge is 2.34. The Morgan fingerprint density at radius 3 is 2.24 bits per heavy atom. The quantitative estimate of drug-likeness (QED) is 0.633. The van der Waals surface area contributed by atoms with Crippen molar-refractivity contribution in [3.63, 3.8) is 0 Å². The molecular formula is C20H34O. The molecule has 0 atom stereocenters. The molecule has 1 aromatic rings. The Bertz CT molecular complexity index is 447. The average Bonchev–Trinajstić information content (AvgIpc) is 2.37. The molecule has 2 rings (SSSR count). The van der Waals surface area contributed by atoms with E-state index in [0.717, 1.165) is 5.75 Å². The first-order valence-electron chi connectivity index (χ1n) is 8.22. The molecule has 120 valence electrons. The Morgan fingerprint density at radius 1 is 1.10 bits per heavy atom. The normalized spacial score (nSPS) is 16.6. The highest BCUT2D eigenvalue weighted by Crippen LogP contribution is 2.40. The summed E-state index contributed by atoms with van der Waals surface area (Å²) in [6.07, 6.45) is 7.11. The minimum Gasteiger partial charge on any atom is -0.487 e. The molecule has 1 nitrogen and oxygen atoms in total. The van der Waals surface area contributed by atoms with Gasteiger partial charge in [-0.2, -0.15) is 0 Å². The second-order valence-corrected chi connectivity index (χ2v) is 7.36. The standard InChI is InChI=1S/C19H30O.CH4/c1-6-11-19(12-7-2)13-10-15-14-16(18(3,4)5)8-9-17(15)20-19;/h8-9,14H,6-7,10-13H2,1-5H3;1H4. The van der Waals surface area contributed by atoms with Gasteiger partial charge in [0.1, 0.15) is 11.4 Å². The van der Waals surface area contributed by atoms with Crippen molar-refractivity contribution in [2.45, 2.75) is 91.6 Å². The molecule has 1 aromatic carbocycles. The molecule has 0 unspecified atom stereocenters. The van der Waals surface area contributed by atoms with Crippen LogP contribution in [0.4, 0.5) is 0 Å². The van der Waals surface area contributed by atoms with Crippen molar-refractivity contribution in [2.75, 3.05) is 0 Å². The second-order valence-electron chi connectivity index (χ2n) is 7.36. The molecule has 0 amide bonds. The van der Waals surface area contributed by atoms with Crippen molar-refractivity contribution in [1.82, 2.24) is 0 Å². The Kier molecular flexibility index (Phi) is 5.90. The van der Waals surface area contributed by atoms with Crippen LogP contribution < -0.4 is 4.74 Å². The SMILES string of the molecule is C.CCCC1(CCC)CCc2cc(C(C)(C)C)ccc2O1. The van der Waals surface area contributed by atoms with Gasteiger partial charge in [0.05, 0.1) is 0 Å². The number of fused-ring (bicyclic) bond motifs is 1. The van der Waals surface area contributed by atoms with Crippen LogP contribution in [0.5, 0.6) is 5.75 Å². The Labute approximate surface area is 132 Å². The fourth-order valence-electron chi connectivity index (χ4n) is 3.38. The second kappa shape index (κ2) is 6.85. The van der Waals surface area contributed by atoms with Crippen LogP contribution in [-0.4, -0.2) is 5.60 Å². The van der Waals surface area contributed by atoms with Gasteiger partial charge in [0.25, 0.3) is 0 Å². The van der Waals surface area contributed by atoms with Crippen molar-refractivity contribution in [3.8, 4) is 5.75 Å². The summed E-state index contributed by atoms with van der Waals surface area (Å²) < 4.78 is 6.47. The first kappa shape index (κ1) is 18.1. The fraction of sp³-hybridized carbons (Fsp3) is 0.700. The van der Waals surface area contributed by atoms with E-state index in [9.17, 15) is 0 Å². The average molecular weight is 290 g/mol. The lowest BCUT2D eigenvalue weighted by Gasteiger charge is -2.39. The molecule has 0 spiro atoms. The van der Waals surface area contributed by atoms with Gasteiger partial charge < -0.3 is 4.74 Å². The van der Waals surface area contributed by atoms with Gasteiger partial charge in [0, 0.05) is 0 Å². The van der Waals surface area contributed by atoms with Crippen molar-refractivity contribution < 1.29 is 4.74 Å². The molecule has 0 saturated carbocycles. The van der Waals surface area contributed by atoms with Gasteiger partial charge in [-0.05, 0) is 48.3 Å². The zero-order chi connectivity index (χ0) is 14.8. The Balaban J connectivity index is 0.00000220. The molecule has 1 heterocycles. The number of hydrogen-bond donors (Lipinski definition) is 0. The van der Waals surface area contributed by atoms with Crippen LogP contribution >= 0.6 is 0 Å². The third kappa shape index (κ3) is 4.02. The van der Waals surface area contributed by atoms with Crippen LogP contribution in [0.15, 0.2) is 18.2 Å². The lowest BCUT2D eigenvalue weighted by molar-refractivity contribution is 0.0275. The van der Waals surface area contributed by atoms with E-state index < -0.39 is 0 Å². The molecule has 0 fully saturated rings. The molecular weight excluding hydrogens is 256 g/mol. The van der Waals surface area contributed by atoms with Crippen LogP contribution in [0.3, 0.4) is 0 Å². The largest absolute Gasteiger partial charge is 0.487 e. The maximum absolute atomic E-state index is 6.47. The number of hydrogen-bond acceptors (Lipinski definition) is 1. The first-order valence-corrected chi connectivity index (χ1v) is 8.22. The summed E-state index contributed by atoms with van der Waals surface area (Å²) in [7, 11) is 0. The van der Waals surface area contributed by atoms with E-state index >= 15 is 0 Å². The molecule has 1 aliphatic rings. The van der Waals surface area contributed by atoms with Crippen LogP contribution in [0.1, 0.15) is 85.3 Å². The smallest absolute Gasteiger partial charge is 0.123 e. The van der Waals surface area contributed by atoms with Gasteiger partial charge in [-0.25, -0.2) is 0 Å². The lowest BCUT2D eigenvalue weighted by atomic mass is 9.81. The predicted octanol–water partition coefficient (Wildman–Crippen LogP) is 6.28. The fourth-order valence-corrected chi connectivity index (χ4v) is 3.38. The molecule has 0 radical (unpaired) electrons. The first-order chi connectivity index (χ1) is 9.40. The molecule has 1 heteroatoms. The van der Waals surface area contributed by atoms with E-state index in [2.05, 4.69) is 52.8 Å². The molecule has 0 aromatic heterocycles. The number of benzene rings is 1. The minimum absolute atomic E-state index is 0.